The first kappa shape index (κ1) is 39.2. The number of halogens is 3. The van der Waals surface area contributed by atoms with Gasteiger partial charge in [0.1, 0.15) is 22.6 Å². The van der Waals surface area contributed by atoms with Gasteiger partial charge in [0.2, 0.25) is 5.88 Å². The SMILES string of the molecule is CCOc1ncc(-c2cc(N(C)CC(C)(C)COC)c3[nH]c(-c4cnc(N5CCN(CCC(=O)[O-])[C@@H](C)C5)cn4)nc3n2)cc1C(F)(F)F.[Na+]. The smallest absolute Gasteiger partial charge is 0.550 e. The van der Waals surface area contributed by atoms with Crippen molar-refractivity contribution >= 4 is 28.6 Å². The summed E-state index contributed by atoms with van der Waals surface area (Å²) >= 11 is 0. The molecule has 0 aliphatic carbocycles. The Kier molecular flexibility index (Phi) is 12.7. The van der Waals surface area contributed by atoms with Crippen LogP contribution in [0.25, 0.3) is 33.9 Å². The maximum atomic E-state index is 14.0. The summed E-state index contributed by atoms with van der Waals surface area (Å²) in [6.07, 6.45) is -0.112. The van der Waals surface area contributed by atoms with Gasteiger partial charge in [-0.15, -0.1) is 0 Å². The van der Waals surface area contributed by atoms with Crippen molar-refractivity contribution in [3.05, 3.63) is 36.3 Å². The van der Waals surface area contributed by atoms with E-state index in [4.69, 9.17) is 14.5 Å². The Labute approximate surface area is 310 Å². The van der Waals surface area contributed by atoms with E-state index in [0.717, 1.165) is 6.07 Å². The van der Waals surface area contributed by atoms with Gasteiger partial charge in [-0.25, -0.2) is 24.9 Å². The molecule has 17 heteroatoms. The van der Waals surface area contributed by atoms with Gasteiger partial charge in [-0.05, 0) is 32.4 Å². The van der Waals surface area contributed by atoms with Gasteiger partial charge in [-0.1, -0.05) is 13.8 Å². The number of hydrogen-bond acceptors (Lipinski definition) is 12. The normalized spacial score (nSPS) is 15.6. The number of carbonyl (C=O) groups is 1. The molecule has 50 heavy (non-hydrogen) atoms. The molecule has 1 saturated heterocycles. The van der Waals surface area contributed by atoms with E-state index in [1.165, 1.54) is 6.20 Å². The number of ether oxygens (including phenoxy) is 2. The number of imidazole rings is 1. The number of pyridine rings is 2. The first-order valence-electron chi connectivity index (χ1n) is 16.0. The molecule has 1 aliphatic rings. The summed E-state index contributed by atoms with van der Waals surface area (Å²) in [7, 11) is 3.53. The molecule has 0 radical (unpaired) electrons. The van der Waals surface area contributed by atoms with E-state index in [9.17, 15) is 23.1 Å². The molecule has 1 atom stereocenters. The molecule has 5 heterocycles. The van der Waals surface area contributed by atoms with Crippen molar-refractivity contribution in [1.29, 1.82) is 0 Å². The molecule has 264 valence electrons. The Morgan fingerprint density at radius 3 is 2.48 bits per heavy atom. The number of carbonyl (C=O) groups excluding carboxylic acids is 1. The van der Waals surface area contributed by atoms with E-state index in [1.54, 1.807) is 32.5 Å². The predicted octanol–water partition coefficient (Wildman–Crippen LogP) is 0.658. The Morgan fingerprint density at radius 1 is 1.10 bits per heavy atom. The number of methoxy groups -OCH3 is 1. The molecule has 0 unspecified atom stereocenters. The first-order valence-corrected chi connectivity index (χ1v) is 16.0. The number of carboxylic acids is 1. The fourth-order valence-corrected chi connectivity index (χ4v) is 6.13. The maximum absolute atomic E-state index is 14.0. The van der Waals surface area contributed by atoms with Crippen molar-refractivity contribution in [2.24, 2.45) is 5.41 Å². The van der Waals surface area contributed by atoms with Crippen LogP contribution < -0.4 is 49.2 Å². The van der Waals surface area contributed by atoms with Crippen molar-refractivity contribution in [3.63, 3.8) is 0 Å². The third kappa shape index (κ3) is 9.20. The average molecular weight is 708 g/mol. The molecule has 4 aromatic heterocycles. The van der Waals surface area contributed by atoms with E-state index < -0.39 is 23.6 Å². The Morgan fingerprint density at radius 2 is 1.86 bits per heavy atom. The van der Waals surface area contributed by atoms with Crippen LogP contribution in [0.3, 0.4) is 0 Å². The summed E-state index contributed by atoms with van der Waals surface area (Å²) in [4.78, 5) is 43.0. The molecule has 0 aromatic carbocycles. The molecule has 0 bridgehead atoms. The van der Waals surface area contributed by atoms with Crippen molar-refractivity contribution in [2.75, 3.05) is 69.9 Å². The Hall–Kier alpha value is -3.57. The number of fused-ring (bicyclic) bond motifs is 1. The molecular weight excluding hydrogens is 666 g/mol. The van der Waals surface area contributed by atoms with E-state index in [2.05, 4.69) is 48.6 Å². The number of nitrogens with zero attached hydrogens (tertiary/aromatic N) is 8. The van der Waals surface area contributed by atoms with Gasteiger partial charge < -0.3 is 34.2 Å². The van der Waals surface area contributed by atoms with Crippen LogP contribution in [0.2, 0.25) is 0 Å². The zero-order valence-electron chi connectivity index (χ0n) is 29.5. The van der Waals surface area contributed by atoms with Crippen molar-refractivity contribution < 1.29 is 62.1 Å². The molecule has 0 spiro atoms. The third-order valence-corrected chi connectivity index (χ3v) is 8.36. The molecule has 4 aromatic rings. The van der Waals surface area contributed by atoms with Crippen LogP contribution in [-0.2, 0) is 15.7 Å². The number of aliphatic carboxylic acids is 1. The second-order valence-electron chi connectivity index (χ2n) is 13.0. The van der Waals surface area contributed by atoms with Crippen LogP contribution in [0, 0.1) is 5.41 Å². The summed E-state index contributed by atoms with van der Waals surface area (Å²) in [6.45, 7) is 11.3. The zero-order valence-corrected chi connectivity index (χ0v) is 31.5. The summed E-state index contributed by atoms with van der Waals surface area (Å²) in [5, 5.41) is 10.9. The van der Waals surface area contributed by atoms with Crippen LogP contribution in [0.1, 0.15) is 39.7 Å². The van der Waals surface area contributed by atoms with Crippen LogP contribution >= 0.6 is 0 Å². The van der Waals surface area contributed by atoms with E-state index in [0.29, 0.717) is 67.9 Å². The molecule has 5 rings (SSSR count). The molecule has 1 aliphatic heterocycles. The molecule has 1 N–H and O–H groups in total. The van der Waals surface area contributed by atoms with Crippen molar-refractivity contribution in [1.82, 2.24) is 34.8 Å². The number of H-pyrrole nitrogens is 1. The van der Waals surface area contributed by atoms with Gasteiger partial charge in [0.25, 0.3) is 0 Å². The number of aromatic amines is 1. The summed E-state index contributed by atoms with van der Waals surface area (Å²) in [5.74, 6) is -0.484. The van der Waals surface area contributed by atoms with E-state index in [1.807, 2.05) is 18.9 Å². The van der Waals surface area contributed by atoms with E-state index >= 15 is 0 Å². The number of hydrogen-bond donors (Lipinski definition) is 1. The van der Waals surface area contributed by atoms with Gasteiger partial charge in [-0.3, -0.25) is 4.90 Å². The fraction of sp³-hybridized carbons (Fsp3) is 0.515. The average Bonchev–Trinajstić information content (AvgIpc) is 3.47. The number of nitrogens with one attached hydrogen (secondary N) is 1. The molecule has 0 saturated carbocycles. The standard InChI is InChI=1S/C33H42F3N9O4.Na/c1-7-49-31-22(33(34,35)36)12-21(14-39-31)23-13-25(43(5)18-32(3,4)19-48-6)28-30(40-23)42-29(41-28)24-15-38-26(16-37-24)45-11-10-44(20(2)17-45)9-8-27(46)47;/h12-16,20H,7-11,17-19H2,1-6H3,(H,46,47)(H,40,41,42);/q;+1/p-1/t20-;/m0./s1. The van der Waals surface area contributed by atoms with Crippen LogP contribution in [0.4, 0.5) is 24.7 Å². The fourth-order valence-electron chi connectivity index (χ4n) is 6.13. The largest absolute Gasteiger partial charge is 1.00 e. The van der Waals surface area contributed by atoms with Gasteiger partial charge in [0.15, 0.2) is 11.5 Å². The molecule has 1 fully saturated rings. The van der Waals surface area contributed by atoms with Gasteiger partial charge in [-0.2, -0.15) is 13.2 Å². The summed E-state index contributed by atoms with van der Waals surface area (Å²) < 4.78 is 52.6. The molecule has 13 nitrogen and oxygen atoms in total. The second-order valence-corrected chi connectivity index (χ2v) is 13.0. The van der Waals surface area contributed by atoms with Gasteiger partial charge in [0.05, 0.1) is 37.0 Å². The number of alkyl halides is 3. The second kappa shape index (κ2) is 16.2. The Balaban J connectivity index is 0.00000562. The summed E-state index contributed by atoms with van der Waals surface area (Å²) in [6, 6.07) is 2.83. The van der Waals surface area contributed by atoms with Gasteiger partial charge in [0, 0.05) is 76.1 Å². The number of piperazine rings is 1. The number of anilines is 2. The van der Waals surface area contributed by atoms with Gasteiger partial charge >= 0.3 is 35.7 Å². The van der Waals surface area contributed by atoms with E-state index in [-0.39, 0.29) is 70.9 Å². The van der Waals surface area contributed by atoms with Crippen molar-refractivity contribution in [2.45, 2.75) is 46.3 Å². The predicted molar refractivity (Wildman–Crippen MR) is 176 cm³/mol. The number of carboxylic acid groups (broad SMARTS) is 1. The summed E-state index contributed by atoms with van der Waals surface area (Å²) in [5.41, 5.74) is 1.16. The maximum Gasteiger partial charge on any atom is 1.00 e. The molecular formula is C33H41F3N9NaO4. The monoisotopic (exact) mass is 707 g/mol. The topological polar surface area (TPSA) is 149 Å². The Bertz CT molecular complexity index is 1770. The van der Waals surface area contributed by atoms with Crippen LogP contribution in [0.5, 0.6) is 5.88 Å². The minimum atomic E-state index is -4.69. The van der Waals surface area contributed by atoms with Crippen LogP contribution in [0.15, 0.2) is 30.7 Å². The van der Waals surface area contributed by atoms with Crippen molar-refractivity contribution in [3.8, 4) is 28.7 Å². The minimum Gasteiger partial charge on any atom is -0.550 e. The first-order chi connectivity index (χ1) is 23.2. The zero-order chi connectivity index (χ0) is 35.5. The number of aromatic nitrogens is 6. The number of rotatable bonds is 13. The minimum absolute atomic E-state index is 0. The quantitative estimate of drug-likeness (QED) is 0.195. The molecule has 0 amide bonds. The third-order valence-electron chi connectivity index (χ3n) is 8.36. The van der Waals surface area contributed by atoms with Crippen LogP contribution in [-0.4, -0.2) is 107 Å².